The Hall–Kier alpha value is -4.74. The number of aromatic nitrogens is 1. The number of anilines is 1. The fourth-order valence-electron chi connectivity index (χ4n) is 6.05. The van der Waals surface area contributed by atoms with E-state index in [1.54, 1.807) is 0 Å². The van der Waals surface area contributed by atoms with Crippen molar-refractivity contribution >= 4 is 42.0 Å². The Balaban J connectivity index is 0.000000507. The molecule has 63 heavy (non-hydrogen) atoms. The number of carboxylic acid groups (broad SMARTS) is 1. The Morgan fingerprint density at radius 1 is 0.746 bits per heavy atom. The molecule has 1 aromatic heterocycles. The second-order valence-electron chi connectivity index (χ2n) is 17.2. The molecule has 0 aliphatic carbocycles. The van der Waals surface area contributed by atoms with Crippen LogP contribution in [-0.2, 0) is 49.3 Å². The van der Waals surface area contributed by atoms with E-state index in [1.165, 1.54) is 17.5 Å². The molecular weight excluding hydrogens is 829 g/mol. The van der Waals surface area contributed by atoms with E-state index in [0.717, 1.165) is 59.9 Å². The third kappa shape index (κ3) is 27.1. The molecule has 0 aliphatic heterocycles. The minimum absolute atomic E-state index is 0.0692. The summed E-state index contributed by atoms with van der Waals surface area (Å²) in [6, 6.07) is 20.4. The molecule has 3 aromatic rings. The van der Waals surface area contributed by atoms with E-state index in [9.17, 15) is 19.2 Å². The van der Waals surface area contributed by atoms with Gasteiger partial charge in [0.25, 0.3) is 0 Å². The van der Waals surface area contributed by atoms with E-state index in [2.05, 4.69) is 46.3 Å². The molecule has 0 saturated heterocycles. The molecule has 0 saturated carbocycles. The third-order valence-corrected chi connectivity index (χ3v) is 9.67. The summed E-state index contributed by atoms with van der Waals surface area (Å²) in [7, 11) is 0. The van der Waals surface area contributed by atoms with Crippen LogP contribution in [0.5, 0.6) is 11.5 Å². The van der Waals surface area contributed by atoms with Crippen LogP contribution in [0.1, 0.15) is 85.3 Å². The van der Waals surface area contributed by atoms with Gasteiger partial charge in [0, 0.05) is 24.2 Å². The summed E-state index contributed by atoms with van der Waals surface area (Å²) >= 11 is 1.52. The molecule has 3 rings (SSSR count). The summed E-state index contributed by atoms with van der Waals surface area (Å²) in [5, 5.41) is 13.4. The number of hydrogen-bond donors (Lipinski definition) is 4. The van der Waals surface area contributed by atoms with E-state index >= 15 is 0 Å². The summed E-state index contributed by atoms with van der Waals surface area (Å²) < 4.78 is 35.1. The molecular formula is C47H70N4O11S. The number of rotatable bonds is 30. The zero-order chi connectivity index (χ0) is 46.6. The summed E-state index contributed by atoms with van der Waals surface area (Å²) in [5.41, 5.74) is 1.56. The predicted octanol–water partition coefficient (Wildman–Crippen LogP) is 7.80. The van der Waals surface area contributed by atoms with Crippen LogP contribution in [0, 0.1) is 17.8 Å². The largest absolute Gasteiger partial charge is 0.480 e. The van der Waals surface area contributed by atoms with Crippen LogP contribution in [0.2, 0.25) is 0 Å². The van der Waals surface area contributed by atoms with Crippen molar-refractivity contribution in [2.75, 3.05) is 70.7 Å². The van der Waals surface area contributed by atoms with Gasteiger partial charge in [-0.25, -0.2) is 9.78 Å². The lowest BCUT2D eigenvalue weighted by atomic mass is 9.72. The number of nitrogens with zero attached hydrogens (tertiary/aromatic N) is 1. The maximum Gasteiger partial charge on any atom is 0.329 e. The number of unbranched alkanes of at least 4 members (excludes halogenated alkanes) is 1. The number of carbonyl (C=O) groups is 4. The first-order chi connectivity index (χ1) is 29.9. The molecule has 350 valence electrons. The Morgan fingerprint density at radius 2 is 1.35 bits per heavy atom. The van der Waals surface area contributed by atoms with Gasteiger partial charge in [0.05, 0.1) is 45.1 Å². The monoisotopic (exact) mass is 898 g/mol. The highest BCUT2D eigenvalue weighted by Crippen LogP contribution is 2.39. The molecule has 0 unspecified atom stereocenters. The maximum atomic E-state index is 12.7. The average molecular weight is 899 g/mol. The van der Waals surface area contributed by atoms with Crippen molar-refractivity contribution in [1.82, 2.24) is 15.6 Å². The quantitative estimate of drug-likeness (QED) is 0.0219. The van der Waals surface area contributed by atoms with Crippen LogP contribution in [0.25, 0.3) is 0 Å². The molecule has 0 bridgehead atoms. The summed E-state index contributed by atoms with van der Waals surface area (Å²) in [5.74, 6) is 1.07. The van der Waals surface area contributed by atoms with Gasteiger partial charge in [-0.1, -0.05) is 38.5 Å². The smallest absolute Gasteiger partial charge is 0.329 e. The minimum Gasteiger partial charge on any atom is -0.480 e. The highest BCUT2D eigenvalue weighted by Gasteiger charge is 2.37. The standard InChI is InChI=1S/C34H46N2O3S.C13H24N2O8/c1-25-12-21-30(35-23-25)36-40-29-19-17-28(18-20-29)38-27-15-13-26(14-16-27)11-9-10-22-33(5,6)24-34(7,8)31(37)39-32(2,3)4;16-11-14-1-3-20-5-7-22-9-12(17)15-2-4-21-6-8-23-10-13(18)19/h12-21,23H,9-11,22,24H2,1-8H3,(H,35,36);11H,1-10H2,(H,14,16)(H,15,17)(H,18,19). The fourth-order valence-corrected chi connectivity index (χ4v) is 6.66. The van der Waals surface area contributed by atoms with E-state index in [4.69, 9.17) is 33.5 Å². The molecule has 0 spiro atoms. The van der Waals surface area contributed by atoms with Crippen LogP contribution in [0.4, 0.5) is 5.82 Å². The number of ether oxygens (including phenoxy) is 6. The number of esters is 1. The van der Waals surface area contributed by atoms with Crippen molar-refractivity contribution < 1.29 is 52.7 Å². The number of benzene rings is 2. The van der Waals surface area contributed by atoms with Gasteiger partial charge in [-0.2, -0.15) is 0 Å². The molecule has 16 heteroatoms. The zero-order valence-electron chi connectivity index (χ0n) is 38.4. The minimum atomic E-state index is -1.03. The lowest BCUT2D eigenvalue weighted by Crippen LogP contribution is -2.36. The van der Waals surface area contributed by atoms with Crippen LogP contribution in [0.3, 0.4) is 0 Å². The van der Waals surface area contributed by atoms with Crippen molar-refractivity contribution in [2.24, 2.45) is 10.8 Å². The Morgan fingerprint density at radius 3 is 1.94 bits per heavy atom. The van der Waals surface area contributed by atoms with Gasteiger partial charge < -0.3 is 48.9 Å². The topological polar surface area (TPSA) is 193 Å². The second kappa shape index (κ2) is 29.6. The van der Waals surface area contributed by atoms with Gasteiger partial charge in [0.2, 0.25) is 12.3 Å². The Kier molecular flexibility index (Phi) is 25.5. The van der Waals surface area contributed by atoms with Crippen molar-refractivity contribution in [3.8, 4) is 11.5 Å². The molecule has 2 amide bonds. The molecule has 0 atom stereocenters. The van der Waals surface area contributed by atoms with Crippen LogP contribution < -0.4 is 20.1 Å². The number of pyridine rings is 1. The van der Waals surface area contributed by atoms with Crippen molar-refractivity contribution in [3.63, 3.8) is 0 Å². The first-order valence-corrected chi connectivity index (χ1v) is 22.1. The van der Waals surface area contributed by atoms with Crippen molar-refractivity contribution in [2.45, 2.75) is 98.0 Å². The van der Waals surface area contributed by atoms with Crippen LogP contribution in [0.15, 0.2) is 71.8 Å². The van der Waals surface area contributed by atoms with E-state index in [0.29, 0.717) is 39.3 Å². The van der Waals surface area contributed by atoms with Crippen molar-refractivity contribution in [3.05, 3.63) is 78.0 Å². The van der Waals surface area contributed by atoms with Crippen molar-refractivity contribution in [1.29, 1.82) is 0 Å². The SMILES string of the molecule is Cc1ccc(NSc2ccc(Oc3ccc(CCCCC(C)(C)CC(C)(C)C(=O)OC(C)(C)C)cc3)cc2)nc1.O=CNCCOCCOCC(=O)NCCOCCOCC(=O)O. The fraction of sp³-hybridized carbons (Fsp3) is 0.553. The Bertz CT molecular complexity index is 1750. The third-order valence-electron chi connectivity index (χ3n) is 8.85. The van der Waals surface area contributed by atoms with Gasteiger partial charge in [0.1, 0.15) is 36.1 Å². The molecule has 2 aromatic carbocycles. The number of aryl methyl sites for hydroxylation is 2. The maximum absolute atomic E-state index is 12.7. The van der Waals surface area contributed by atoms with Gasteiger partial charge in [-0.15, -0.1) is 0 Å². The number of amides is 2. The molecule has 0 radical (unpaired) electrons. The Labute approximate surface area is 378 Å². The van der Waals surface area contributed by atoms with Gasteiger partial charge in [-0.05, 0) is 138 Å². The van der Waals surface area contributed by atoms with Gasteiger partial charge >= 0.3 is 11.9 Å². The molecule has 15 nitrogen and oxygen atoms in total. The highest BCUT2D eigenvalue weighted by atomic mass is 32.2. The molecule has 1 heterocycles. The lowest BCUT2D eigenvalue weighted by molar-refractivity contribution is -0.167. The van der Waals surface area contributed by atoms with E-state index in [-0.39, 0.29) is 50.3 Å². The summed E-state index contributed by atoms with van der Waals surface area (Å²) in [6.07, 6.45) is 7.59. The van der Waals surface area contributed by atoms with Crippen LogP contribution >= 0.6 is 11.9 Å². The van der Waals surface area contributed by atoms with E-state index in [1.807, 2.05) is 96.3 Å². The number of hydrogen-bond acceptors (Lipinski definition) is 13. The number of aliphatic carboxylic acids is 1. The number of carboxylic acids is 1. The first kappa shape index (κ1) is 54.4. The first-order valence-electron chi connectivity index (χ1n) is 21.3. The summed E-state index contributed by atoms with van der Waals surface area (Å²) in [4.78, 5) is 49.6. The molecule has 0 fully saturated rings. The van der Waals surface area contributed by atoms with E-state index < -0.39 is 17.0 Å². The number of nitrogens with one attached hydrogen (secondary N) is 3. The van der Waals surface area contributed by atoms with Gasteiger partial charge in [-0.3, -0.25) is 14.4 Å². The zero-order valence-corrected chi connectivity index (χ0v) is 39.2. The molecule has 4 N–H and O–H groups in total. The highest BCUT2D eigenvalue weighted by molar-refractivity contribution is 8.00. The normalized spacial score (nSPS) is 11.5. The predicted molar refractivity (Wildman–Crippen MR) is 245 cm³/mol. The number of carbonyl (C=O) groups excluding carboxylic acids is 3. The second-order valence-corrected chi connectivity index (χ2v) is 18.1. The average Bonchev–Trinajstić information content (AvgIpc) is 3.21. The van der Waals surface area contributed by atoms with Crippen LogP contribution in [-0.4, -0.2) is 106 Å². The molecule has 0 aliphatic rings. The summed E-state index contributed by atoms with van der Waals surface area (Å²) in [6.45, 7) is 18.4. The van der Waals surface area contributed by atoms with Gasteiger partial charge in [0.15, 0.2) is 0 Å². The lowest BCUT2D eigenvalue weighted by Gasteiger charge is -2.35.